The lowest BCUT2D eigenvalue weighted by Crippen LogP contribution is -2.16. The van der Waals surface area contributed by atoms with Gasteiger partial charge in [-0.2, -0.15) is 5.10 Å². The number of aromatic amines is 1. The summed E-state index contributed by atoms with van der Waals surface area (Å²) in [6.45, 7) is 1.99. The zero-order valence-electron chi connectivity index (χ0n) is 13.7. The van der Waals surface area contributed by atoms with Gasteiger partial charge < -0.3 is 10.5 Å². The highest BCUT2D eigenvalue weighted by Gasteiger charge is 2.11. The topological polar surface area (TPSA) is 98.1 Å². The second-order valence-corrected chi connectivity index (χ2v) is 5.71. The molecule has 0 saturated carbocycles. The molecule has 126 valence electrons. The van der Waals surface area contributed by atoms with Crippen LogP contribution in [0.25, 0.3) is 11.1 Å². The molecule has 0 spiro atoms. The van der Waals surface area contributed by atoms with Gasteiger partial charge >= 0.3 is 6.09 Å². The fourth-order valence-electron chi connectivity index (χ4n) is 2.60. The van der Waals surface area contributed by atoms with Crippen LogP contribution in [0, 0.1) is 6.92 Å². The number of primary amides is 1. The number of benzene rings is 2. The first kappa shape index (κ1) is 16.4. The highest BCUT2D eigenvalue weighted by atomic mass is 16.5. The van der Waals surface area contributed by atoms with E-state index >= 15 is 0 Å². The molecule has 1 heterocycles. The molecule has 0 radical (unpaired) electrons. The van der Waals surface area contributed by atoms with Gasteiger partial charge in [0.2, 0.25) is 0 Å². The first-order chi connectivity index (χ1) is 12.0. The van der Waals surface area contributed by atoms with Crippen LogP contribution >= 0.6 is 0 Å². The summed E-state index contributed by atoms with van der Waals surface area (Å²) >= 11 is 0. The summed E-state index contributed by atoms with van der Waals surface area (Å²) in [5.74, 6) is 0.399. The first-order valence-corrected chi connectivity index (χ1v) is 7.73. The molecule has 0 aliphatic carbocycles. The minimum atomic E-state index is -0.857. The highest BCUT2D eigenvalue weighted by Crippen LogP contribution is 2.32. The Bertz CT molecular complexity index is 959. The minimum absolute atomic E-state index is 0.241. The Labute approximate surface area is 144 Å². The third kappa shape index (κ3) is 4.11. The van der Waals surface area contributed by atoms with Crippen molar-refractivity contribution in [1.29, 1.82) is 0 Å². The summed E-state index contributed by atoms with van der Waals surface area (Å²) in [5, 5.41) is 6.44. The van der Waals surface area contributed by atoms with Gasteiger partial charge in [0, 0.05) is 18.1 Å². The highest BCUT2D eigenvalue weighted by molar-refractivity contribution is 5.77. The van der Waals surface area contributed by atoms with Crippen LogP contribution < -0.4 is 16.0 Å². The van der Waals surface area contributed by atoms with Gasteiger partial charge in [0.05, 0.1) is 5.69 Å². The van der Waals surface area contributed by atoms with Crippen molar-refractivity contribution < 1.29 is 9.53 Å². The standard InChI is InChI=1S/C19H17N3O3/c1-12-3-2-4-14(9-12)16-11-13(5-7-17(16)25-19(20)24)10-15-6-8-18(23)22-21-15/h2-9,11H,10H2,1H3,(H2,20,24)(H,22,23). The number of carbonyl (C=O) groups excluding carboxylic acids is 1. The molecule has 0 saturated heterocycles. The molecular formula is C19H17N3O3. The van der Waals surface area contributed by atoms with Crippen molar-refractivity contribution in [1.82, 2.24) is 10.2 Å². The second-order valence-electron chi connectivity index (χ2n) is 5.71. The Balaban J connectivity index is 2.01. The zero-order chi connectivity index (χ0) is 17.8. The van der Waals surface area contributed by atoms with Crippen molar-refractivity contribution in [2.75, 3.05) is 0 Å². The first-order valence-electron chi connectivity index (χ1n) is 7.73. The Morgan fingerprint density at radius 3 is 2.68 bits per heavy atom. The molecule has 2 aromatic carbocycles. The van der Waals surface area contributed by atoms with Crippen molar-refractivity contribution in [3.8, 4) is 16.9 Å². The maximum atomic E-state index is 11.2. The van der Waals surface area contributed by atoms with Crippen LogP contribution in [-0.4, -0.2) is 16.3 Å². The summed E-state index contributed by atoms with van der Waals surface area (Å²) < 4.78 is 5.14. The molecule has 3 aromatic rings. The number of hydrogen-bond acceptors (Lipinski definition) is 4. The molecule has 1 aromatic heterocycles. The summed E-state index contributed by atoms with van der Waals surface area (Å²) in [7, 11) is 0. The molecule has 6 nitrogen and oxygen atoms in total. The van der Waals surface area contributed by atoms with Gasteiger partial charge in [0.25, 0.3) is 5.56 Å². The number of amides is 1. The number of hydrogen-bond donors (Lipinski definition) is 2. The largest absolute Gasteiger partial charge is 0.410 e. The van der Waals surface area contributed by atoms with Crippen LogP contribution in [0.4, 0.5) is 4.79 Å². The molecular weight excluding hydrogens is 318 g/mol. The zero-order valence-corrected chi connectivity index (χ0v) is 13.7. The molecule has 1 amide bonds. The van der Waals surface area contributed by atoms with E-state index in [0.717, 1.165) is 27.9 Å². The average molecular weight is 335 g/mol. The Morgan fingerprint density at radius 1 is 1.16 bits per heavy atom. The summed E-state index contributed by atoms with van der Waals surface area (Å²) in [5.41, 5.74) is 9.42. The summed E-state index contributed by atoms with van der Waals surface area (Å²) in [4.78, 5) is 22.3. The number of nitrogens with one attached hydrogen (secondary N) is 1. The fourth-order valence-corrected chi connectivity index (χ4v) is 2.60. The predicted octanol–water partition coefficient (Wildman–Crippen LogP) is 2.79. The SMILES string of the molecule is Cc1cccc(-c2cc(Cc3ccc(=O)[nH]n3)ccc2OC(N)=O)c1. The molecule has 0 fully saturated rings. The number of aryl methyl sites for hydroxylation is 1. The quantitative estimate of drug-likeness (QED) is 0.766. The van der Waals surface area contributed by atoms with E-state index in [4.69, 9.17) is 10.5 Å². The molecule has 0 unspecified atom stereocenters. The molecule has 0 aliphatic heterocycles. The molecule has 6 heteroatoms. The predicted molar refractivity (Wildman–Crippen MR) is 94.5 cm³/mol. The van der Waals surface area contributed by atoms with Crippen molar-refractivity contribution in [3.63, 3.8) is 0 Å². The van der Waals surface area contributed by atoms with Gasteiger partial charge in [-0.25, -0.2) is 9.89 Å². The average Bonchev–Trinajstić information content (AvgIpc) is 2.58. The monoisotopic (exact) mass is 335 g/mol. The fraction of sp³-hybridized carbons (Fsp3) is 0.105. The van der Waals surface area contributed by atoms with E-state index in [-0.39, 0.29) is 5.56 Å². The second kappa shape index (κ2) is 7.00. The lowest BCUT2D eigenvalue weighted by atomic mass is 9.98. The molecule has 0 bridgehead atoms. The number of nitrogens with zero attached hydrogens (tertiary/aromatic N) is 1. The van der Waals surface area contributed by atoms with Crippen LogP contribution in [0.15, 0.2) is 59.4 Å². The van der Waals surface area contributed by atoms with E-state index < -0.39 is 6.09 Å². The van der Waals surface area contributed by atoms with Gasteiger partial charge in [-0.05, 0) is 36.2 Å². The van der Waals surface area contributed by atoms with Gasteiger partial charge in [-0.15, -0.1) is 0 Å². The van der Waals surface area contributed by atoms with Crippen molar-refractivity contribution in [2.45, 2.75) is 13.3 Å². The van der Waals surface area contributed by atoms with Crippen LogP contribution in [0.1, 0.15) is 16.8 Å². The Morgan fingerprint density at radius 2 is 2.00 bits per heavy atom. The number of aromatic nitrogens is 2. The van der Waals surface area contributed by atoms with E-state index in [1.54, 1.807) is 12.1 Å². The number of ether oxygens (including phenoxy) is 1. The number of rotatable bonds is 4. The summed E-state index contributed by atoms with van der Waals surface area (Å²) in [6.07, 6.45) is -0.323. The maximum absolute atomic E-state index is 11.2. The molecule has 3 rings (SSSR count). The smallest absolute Gasteiger partial charge is 0.409 e. The third-order valence-electron chi connectivity index (χ3n) is 3.71. The normalized spacial score (nSPS) is 10.4. The summed E-state index contributed by atoms with van der Waals surface area (Å²) in [6, 6.07) is 16.5. The van der Waals surface area contributed by atoms with Crippen LogP contribution in [-0.2, 0) is 6.42 Å². The van der Waals surface area contributed by atoms with Crippen molar-refractivity contribution in [3.05, 3.63) is 81.8 Å². The Kier molecular flexibility index (Phi) is 4.61. The van der Waals surface area contributed by atoms with Crippen LogP contribution in [0.3, 0.4) is 0 Å². The van der Waals surface area contributed by atoms with E-state index in [1.807, 2.05) is 43.3 Å². The molecule has 3 N–H and O–H groups in total. The van der Waals surface area contributed by atoms with E-state index in [1.165, 1.54) is 6.07 Å². The number of carbonyl (C=O) groups is 1. The van der Waals surface area contributed by atoms with Gasteiger partial charge in [0.1, 0.15) is 5.75 Å². The lowest BCUT2D eigenvalue weighted by molar-refractivity contribution is 0.211. The van der Waals surface area contributed by atoms with E-state index in [9.17, 15) is 9.59 Å². The number of H-pyrrole nitrogens is 1. The maximum Gasteiger partial charge on any atom is 0.409 e. The molecule has 25 heavy (non-hydrogen) atoms. The van der Waals surface area contributed by atoms with E-state index in [0.29, 0.717) is 12.2 Å². The molecule has 0 aliphatic rings. The minimum Gasteiger partial charge on any atom is -0.410 e. The number of nitrogens with two attached hydrogens (primary N) is 1. The van der Waals surface area contributed by atoms with E-state index in [2.05, 4.69) is 10.2 Å². The lowest BCUT2D eigenvalue weighted by Gasteiger charge is -2.12. The molecule has 0 atom stereocenters. The third-order valence-corrected chi connectivity index (χ3v) is 3.71. The van der Waals surface area contributed by atoms with Crippen LogP contribution in [0.2, 0.25) is 0 Å². The van der Waals surface area contributed by atoms with Crippen molar-refractivity contribution >= 4 is 6.09 Å². The van der Waals surface area contributed by atoms with Gasteiger partial charge in [-0.3, -0.25) is 4.79 Å². The van der Waals surface area contributed by atoms with Gasteiger partial charge in [-0.1, -0.05) is 35.9 Å². The van der Waals surface area contributed by atoms with Crippen molar-refractivity contribution in [2.24, 2.45) is 5.73 Å². The Hall–Kier alpha value is -3.41. The van der Waals surface area contributed by atoms with Crippen LogP contribution in [0.5, 0.6) is 5.75 Å². The van der Waals surface area contributed by atoms with Gasteiger partial charge in [0.15, 0.2) is 0 Å².